The van der Waals surface area contributed by atoms with Gasteiger partial charge in [0.15, 0.2) is 0 Å². The molecule has 0 aromatic heterocycles. The first-order chi connectivity index (χ1) is 8.22. The van der Waals surface area contributed by atoms with Crippen molar-refractivity contribution in [2.24, 2.45) is 5.92 Å². The van der Waals surface area contributed by atoms with Gasteiger partial charge in [0.05, 0.1) is 11.3 Å². The van der Waals surface area contributed by atoms with E-state index in [-0.39, 0.29) is 0 Å². The Morgan fingerprint density at radius 2 is 2.12 bits per heavy atom. The molecular weight excluding hydrogens is 214 g/mol. The van der Waals surface area contributed by atoms with E-state index in [2.05, 4.69) is 11.8 Å². The van der Waals surface area contributed by atoms with Crippen LogP contribution in [0.1, 0.15) is 36.5 Å². The Morgan fingerprint density at radius 1 is 1.41 bits per heavy atom. The Labute approximate surface area is 102 Å². The first kappa shape index (κ1) is 12.0. The lowest BCUT2D eigenvalue weighted by Crippen LogP contribution is -2.28. The first-order valence-corrected chi connectivity index (χ1v) is 6.29. The van der Waals surface area contributed by atoms with E-state index in [1.807, 2.05) is 12.1 Å². The van der Waals surface area contributed by atoms with Crippen molar-refractivity contribution in [3.8, 4) is 0 Å². The minimum atomic E-state index is -0.836. The summed E-state index contributed by atoms with van der Waals surface area (Å²) in [6.07, 6.45) is 3.62. The van der Waals surface area contributed by atoms with Gasteiger partial charge in [0.2, 0.25) is 0 Å². The van der Waals surface area contributed by atoms with Crippen LogP contribution in [0, 0.1) is 5.92 Å². The number of carboxylic acid groups (broad SMARTS) is 1. The number of nitrogens with zero attached hydrogens (tertiary/aromatic N) is 1. The average molecular weight is 233 g/mol. The van der Waals surface area contributed by atoms with Crippen molar-refractivity contribution in [2.75, 3.05) is 18.0 Å². The predicted octanol–water partition coefficient (Wildman–Crippen LogP) is 3.01. The average Bonchev–Trinajstić information content (AvgIpc) is 3.12. The molecule has 1 aliphatic carbocycles. The SMILES string of the molecule is CCCN(CC1CC1)c1ccccc1C(=O)O. The van der Waals surface area contributed by atoms with Crippen LogP contribution < -0.4 is 4.90 Å². The monoisotopic (exact) mass is 233 g/mol. The lowest BCUT2D eigenvalue weighted by Gasteiger charge is -2.25. The molecule has 0 unspecified atom stereocenters. The van der Waals surface area contributed by atoms with E-state index in [1.165, 1.54) is 12.8 Å². The molecule has 1 N–H and O–H groups in total. The molecule has 1 aliphatic rings. The maximum absolute atomic E-state index is 11.2. The highest BCUT2D eigenvalue weighted by Crippen LogP contribution is 2.32. The van der Waals surface area contributed by atoms with Crippen molar-refractivity contribution in [3.63, 3.8) is 0 Å². The van der Waals surface area contributed by atoms with Crippen molar-refractivity contribution < 1.29 is 9.90 Å². The third-order valence-corrected chi connectivity index (χ3v) is 3.14. The zero-order chi connectivity index (χ0) is 12.3. The molecule has 0 amide bonds. The number of para-hydroxylation sites is 1. The van der Waals surface area contributed by atoms with Crippen molar-refractivity contribution in [2.45, 2.75) is 26.2 Å². The Bertz CT molecular complexity index is 399. The number of hydrogen-bond acceptors (Lipinski definition) is 2. The molecule has 3 nitrogen and oxygen atoms in total. The van der Waals surface area contributed by atoms with Crippen LogP contribution in [-0.2, 0) is 0 Å². The number of benzene rings is 1. The second-order valence-corrected chi connectivity index (χ2v) is 4.71. The highest BCUT2D eigenvalue weighted by atomic mass is 16.4. The van der Waals surface area contributed by atoms with E-state index < -0.39 is 5.97 Å². The smallest absolute Gasteiger partial charge is 0.337 e. The fraction of sp³-hybridized carbons (Fsp3) is 0.500. The second-order valence-electron chi connectivity index (χ2n) is 4.71. The molecule has 0 aliphatic heterocycles. The summed E-state index contributed by atoms with van der Waals surface area (Å²) in [5, 5.41) is 9.21. The van der Waals surface area contributed by atoms with Crippen molar-refractivity contribution >= 4 is 11.7 Å². The van der Waals surface area contributed by atoms with Gasteiger partial charge in [-0.1, -0.05) is 19.1 Å². The van der Waals surface area contributed by atoms with E-state index in [9.17, 15) is 9.90 Å². The van der Waals surface area contributed by atoms with Gasteiger partial charge in [0.25, 0.3) is 0 Å². The van der Waals surface area contributed by atoms with Gasteiger partial charge in [-0.2, -0.15) is 0 Å². The number of rotatable bonds is 6. The number of carboxylic acids is 1. The van der Waals surface area contributed by atoms with Crippen LogP contribution in [0.25, 0.3) is 0 Å². The largest absolute Gasteiger partial charge is 0.478 e. The van der Waals surface area contributed by atoms with E-state index in [1.54, 1.807) is 12.1 Å². The molecule has 0 bridgehead atoms. The van der Waals surface area contributed by atoms with Gasteiger partial charge in [-0.15, -0.1) is 0 Å². The number of hydrogen-bond donors (Lipinski definition) is 1. The predicted molar refractivity (Wildman–Crippen MR) is 68.6 cm³/mol. The minimum Gasteiger partial charge on any atom is -0.478 e. The molecule has 1 aromatic rings. The zero-order valence-corrected chi connectivity index (χ0v) is 10.2. The molecule has 1 aromatic carbocycles. The lowest BCUT2D eigenvalue weighted by atomic mass is 10.1. The summed E-state index contributed by atoms with van der Waals surface area (Å²) in [6.45, 7) is 4.06. The molecule has 0 saturated heterocycles. The number of aromatic carboxylic acids is 1. The van der Waals surface area contributed by atoms with Gasteiger partial charge in [0, 0.05) is 13.1 Å². The van der Waals surface area contributed by atoms with E-state index >= 15 is 0 Å². The quantitative estimate of drug-likeness (QED) is 0.821. The highest BCUT2D eigenvalue weighted by molar-refractivity contribution is 5.94. The van der Waals surface area contributed by atoms with Gasteiger partial charge in [-0.25, -0.2) is 4.79 Å². The van der Waals surface area contributed by atoms with Crippen LogP contribution in [0.3, 0.4) is 0 Å². The van der Waals surface area contributed by atoms with Crippen molar-refractivity contribution in [1.29, 1.82) is 0 Å². The molecule has 0 radical (unpaired) electrons. The maximum atomic E-state index is 11.2. The van der Waals surface area contributed by atoms with Crippen LogP contribution in [0.2, 0.25) is 0 Å². The van der Waals surface area contributed by atoms with E-state index in [4.69, 9.17) is 0 Å². The molecule has 0 heterocycles. The molecule has 2 rings (SSSR count). The third kappa shape index (κ3) is 2.99. The van der Waals surface area contributed by atoms with Gasteiger partial charge in [-0.3, -0.25) is 0 Å². The normalized spacial score (nSPS) is 14.6. The molecular formula is C14H19NO2. The Kier molecular flexibility index (Phi) is 3.67. The second kappa shape index (κ2) is 5.21. The summed E-state index contributed by atoms with van der Waals surface area (Å²) < 4.78 is 0. The highest BCUT2D eigenvalue weighted by Gasteiger charge is 2.25. The molecule has 0 spiro atoms. The van der Waals surface area contributed by atoms with Gasteiger partial charge < -0.3 is 10.0 Å². The summed E-state index contributed by atoms with van der Waals surface area (Å²) >= 11 is 0. The molecule has 1 fully saturated rings. The van der Waals surface area contributed by atoms with Crippen molar-refractivity contribution in [1.82, 2.24) is 0 Å². The summed E-state index contributed by atoms with van der Waals surface area (Å²) in [5.74, 6) is -0.0686. The maximum Gasteiger partial charge on any atom is 0.337 e. The van der Waals surface area contributed by atoms with Crippen LogP contribution in [-0.4, -0.2) is 24.2 Å². The van der Waals surface area contributed by atoms with Crippen LogP contribution in [0.15, 0.2) is 24.3 Å². The lowest BCUT2D eigenvalue weighted by molar-refractivity contribution is 0.0697. The summed E-state index contributed by atoms with van der Waals surface area (Å²) in [7, 11) is 0. The van der Waals surface area contributed by atoms with Gasteiger partial charge in [-0.05, 0) is 37.3 Å². The van der Waals surface area contributed by atoms with Crippen LogP contribution >= 0.6 is 0 Å². The Balaban J connectivity index is 2.23. The van der Waals surface area contributed by atoms with Gasteiger partial charge >= 0.3 is 5.97 Å². The molecule has 3 heteroatoms. The first-order valence-electron chi connectivity index (χ1n) is 6.29. The fourth-order valence-corrected chi connectivity index (χ4v) is 2.12. The minimum absolute atomic E-state index is 0.418. The molecule has 92 valence electrons. The van der Waals surface area contributed by atoms with Gasteiger partial charge in [0.1, 0.15) is 0 Å². The fourth-order valence-electron chi connectivity index (χ4n) is 2.12. The summed E-state index contributed by atoms with van der Waals surface area (Å²) in [6, 6.07) is 7.31. The number of anilines is 1. The third-order valence-electron chi connectivity index (χ3n) is 3.14. The number of carbonyl (C=O) groups is 1. The standard InChI is InChI=1S/C14H19NO2/c1-2-9-15(10-11-7-8-11)13-6-4-3-5-12(13)14(16)17/h3-6,11H,2,7-10H2,1H3,(H,16,17). The van der Waals surface area contributed by atoms with E-state index in [0.29, 0.717) is 5.56 Å². The van der Waals surface area contributed by atoms with E-state index in [0.717, 1.165) is 31.1 Å². The Morgan fingerprint density at radius 3 is 2.71 bits per heavy atom. The zero-order valence-electron chi connectivity index (χ0n) is 10.2. The summed E-state index contributed by atoms with van der Waals surface area (Å²) in [4.78, 5) is 13.4. The topological polar surface area (TPSA) is 40.5 Å². The molecule has 0 atom stereocenters. The van der Waals surface area contributed by atoms with Crippen LogP contribution in [0.4, 0.5) is 5.69 Å². The van der Waals surface area contributed by atoms with Crippen molar-refractivity contribution in [3.05, 3.63) is 29.8 Å². The Hall–Kier alpha value is -1.51. The summed E-state index contributed by atoms with van der Waals surface area (Å²) in [5.41, 5.74) is 1.29. The molecule has 17 heavy (non-hydrogen) atoms. The van der Waals surface area contributed by atoms with Crippen LogP contribution in [0.5, 0.6) is 0 Å². The molecule has 1 saturated carbocycles.